The molecular weight excluding hydrogens is 423 g/mol. The molecular formula is C26H31FN2O2S. The van der Waals surface area contributed by atoms with Gasteiger partial charge in [-0.3, -0.25) is 9.69 Å². The summed E-state index contributed by atoms with van der Waals surface area (Å²) in [5.41, 5.74) is 2.79. The van der Waals surface area contributed by atoms with Crippen LogP contribution < -0.4 is 4.74 Å². The van der Waals surface area contributed by atoms with E-state index in [1.807, 2.05) is 34.9 Å². The number of fused-ring (bicyclic) bond motifs is 1. The van der Waals surface area contributed by atoms with E-state index in [0.717, 1.165) is 36.6 Å². The Hall–Kier alpha value is -2.31. The molecule has 1 fully saturated rings. The lowest BCUT2D eigenvalue weighted by Crippen LogP contribution is -2.54. The van der Waals surface area contributed by atoms with Crippen LogP contribution in [0.15, 0.2) is 53.9 Å². The van der Waals surface area contributed by atoms with Crippen LogP contribution in [0.25, 0.3) is 0 Å². The van der Waals surface area contributed by atoms with Crippen molar-refractivity contribution in [2.24, 2.45) is 0 Å². The second-order valence-electron chi connectivity index (χ2n) is 8.68. The summed E-state index contributed by atoms with van der Waals surface area (Å²) in [6.45, 7) is 10.2. The number of nitrogens with zero attached hydrogens (tertiary/aromatic N) is 2. The van der Waals surface area contributed by atoms with Crippen molar-refractivity contribution in [3.63, 3.8) is 0 Å². The van der Waals surface area contributed by atoms with Crippen molar-refractivity contribution in [1.82, 2.24) is 9.80 Å². The van der Waals surface area contributed by atoms with Gasteiger partial charge in [0.1, 0.15) is 17.7 Å². The van der Waals surface area contributed by atoms with Crippen LogP contribution in [-0.2, 0) is 11.2 Å². The molecule has 0 N–H and O–H groups in total. The minimum absolute atomic E-state index is 0.0301. The molecule has 0 radical (unpaired) electrons. The smallest absolute Gasteiger partial charge is 0.246 e. The number of halogens is 1. The zero-order chi connectivity index (χ0) is 22.7. The lowest BCUT2D eigenvalue weighted by atomic mass is 10.0. The second-order valence-corrected chi connectivity index (χ2v) is 9.82. The van der Waals surface area contributed by atoms with Crippen LogP contribution in [0.1, 0.15) is 36.1 Å². The van der Waals surface area contributed by atoms with Gasteiger partial charge in [-0.25, -0.2) is 4.39 Å². The molecule has 0 spiro atoms. The summed E-state index contributed by atoms with van der Waals surface area (Å²) in [5.74, 6) is 1.74. The molecule has 2 aliphatic heterocycles. The lowest BCUT2D eigenvalue weighted by molar-refractivity contribution is -0.130. The van der Waals surface area contributed by atoms with Gasteiger partial charge in [-0.15, -0.1) is 11.8 Å². The zero-order valence-corrected chi connectivity index (χ0v) is 19.7. The van der Waals surface area contributed by atoms with Crippen molar-refractivity contribution in [3.05, 3.63) is 71.6 Å². The summed E-state index contributed by atoms with van der Waals surface area (Å²) in [6.07, 6.45) is 3.33. The van der Waals surface area contributed by atoms with Gasteiger partial charge < -0.3 is 9.64 Å². The first-order valence-corrected chi connectivity index (χ1v) is 12.3. The van der Waals surface area contributed by atoms with E-state index in [4.69, 9.17) is 4.74 Å². The Balaban J connectivity index is 1.54. The average molecular weight is 455 g/mol. The van der Waals surface area contributed by atoms with Gasteiger partial charge in [0.05, 0.1) is 0 Å². The zero-order valence-electron chi connectivity index (χ0n) is 18.9. The Morgan fingerprint density at radius 1 is 1.31 bits per heavy atom. The van der Waals surface area contributed by atoms with E-state index in [-0.39, 0.29) is 23.9 Å². The molecule has 2 atom stereocenters. The van der Waals surface area contributed by atoms with Crippen LogP contribution in [0.4, 0.5) is 4.39 Å². The predicted octanol–water partition coefficient (Wildman–Crippen LogP) is 5.01. The molecule has 6 heteroatoms. The molecule has 0 unspecified atom stereocenters. The third-order valence-corrected chi connectivity index (χ3v) is 7.52. The first-order chi connectivity index (χ1) is 15.4. The molecule has 1 amide bonds. The second kappa shape index (κ2) is 10.1. The maximum Gasteiger partial charge on any atom is 0.246 e. The summed E-state index contributed by atoms with van der Waals surface area (Å²) in [7, 11) is 0. The van der Waals surface area contributed by atoms with Crippen LogP contribution in [0.2, 0.25) is 0 Å². The largest absolute Gasteiger partial charge is 0.484 e. The molecule has 0 aromatic heterocycles. The van der Waals surface area contributed by atoms with Crippen LogP contribution in [0.5, 0.6) is 5.75 Å². The topological polar surface area (TPSA) is 32.8 Å². The van der Waals surface area contributed by atoms with Crippen LogP contribution >= 0.6 is 11.8 Å². The minimum Gasteiger partial charge on any atom is -0.484 e. The molecule has 2 heterocycles. The predicted molar refractivity (Wildman–Crippen MR) is 128 cm³/mol. The van der Waals surface area contributed by atoms with Gasteiger partial charge in [0.25, 0.3) is 0 Å². The number of benzene rings is 2. The number of aryl methyl sites for hydroxylation is 2. The van der Waals surface area contributed by atoms with Gasteiger partial charge in [-0.1, -0.05) is 18.7 Å². The highest BCUT2D eigenvalue weighted by Crippen LogP contribution is 2.34. The molecule has 2 aromatic carbocycles. The van der Waals surface area contributed by atoms with E-state index in [2.05, 4.69) is 30.5 Å². The molecule has 4 nitrogen and oxygen atoms in total. The van der Waals surface area contributed by atoms with Crippen LogP contribution in [0.3, 0.4) is 0 Å². The third kappa shape index (κ3) is 5.18. The number of piperazine rings is 1. The molecule has 32 heavy (non-hydrogen) atoms. The monoisotopic (exact) mass is 454 g/mol. The SMILES string of the molecule is C=CC(=O)N1CCN(C[C@H](Oc2ccc3c(c2)CCCS3)c2ccc(C)c(F)c2)C[C@H]1C. The first-order valence-electron chi connectivity index (χ1n) is 11.3. The Morgan fingerprint density at radius 2 is 2.16 bits per heavy atom. The standard InChI is InChI=1S/C26H31FN2O2S/c1-4-26(30)29-12-11-28(16-19(29)3)17-24(20-8-7-18(2)23(27)15-20)31-22-9-10-25-21(14-22)6-5-13-32-25/h4,7-10,14-15,19,24H,1,5-6,11-13,16-17H2,2-3H3/t19-,24+/m1/s1. The molecule has 2 aliphatic rings. The first kappa shape index (κ1) is 22.9. The quantitative estimate of drug-likeness (QED) is 0.575. The van der Waals surface area contributed by atoms with Crippen molar-refractivity contribution < 1.29 is 13.9 Å². The van der Waals surface area contributed by atoms with E-state index >= 15 is 0 Å². The maximum absolute atomic E-state index is 14.4. The number of hydrogen-bond donors (Lipinski definition) is 0. The Morgan fingerprint density at radius 3 is 2.91 bits per heavy atom. The highest BCUT2D eigenvalue weighted by molar-refractivity contribution is 7.99. The summed E-state index contributed by atoms with van der Waals surface area (Å²) in [4.78, 5) is 17.6. The van der Waals surface area contributed by atoms with Crippen molar-refractivity contribution in [1.29, 1.82) is 0 Å². The Bertz CT molecular complexity index is 996. The summed E-state index contributed by atoms with van der Waals surface area (Å²) >= 11 is 1.90. The fourth-order valence-electron chi connectivity index (χ4n) is 4.47. The highest BCUT2D eigenvalue weighted by Gasteiger charge is 2.29. The van der Waals surface area contributed by atoms with Crippen molar-refractivity contribution in [2.45, 2.75) is 43.7 Å². The molecule has 0 saturated carbocycles. The van der Waals surface area contributed by atoms with Gasteiger partial charge in [0, 0.05) is 37.1 Å². The Kier molecular flexibility index (Phi) is 7.21. The van der Waals surface area contributed by atoms with Crippen molar-refractivity contribution >= 4 is 17.7 Å². The van der Waals surface area contributed by atoms with Crippen molar-refractivity contribution in [2.75, 3.05) is 31.9 Å². The fraction of sp³-hybridized carbons (Fsp3) is 0.423. The van der Waals surface area contributed by atoms with E-state index in [1.54, 1.807) is 13.0 Å². The van der Waals surface area contributed by atoms with E-state index in [0.29, 0.717) is 18.7 Å². The van der Waals surface area contributed by atoms with Gasteiger partial charge in [-0.05, 0) is 79.5 Å². The molecule has 0 aliphatic carbocycles. The lowest BCUT2D eigenvalue weighted by Gasteiger charge is -2.40. The number of carbonyl (C=O) groups excluding carboxylic acids is 1. The van der Waals surface area contributed by atoms with Gasteiger partial charge in [0.15, 0.2) is 0 Å². The van der Waals surface area contributed by atoms with Gasteiger partial charge in [0.2, 0.25) is 5.91 Å². The highest BCUT2D eigenvalue weighted by atomic mass is 32.2. The van der Waals surface area contributed by atoms with E-state index in [9.17, 15) is 9.18 Å². The maximum atomic E-state index is 14.4. The number of rotatable bonds is 6. The van der Waals surface area contributed by atoms with Gasteiger partial charge in [-0.2, -0.15) is 0 Å². The minimum atomic E-state index is -0.298. The van der Waals surface area contributed by atoms with E-state index < -0.39 is 0 Å². The van der Waals surface area contributed by atoms with Crippen molar-refractivity contribution in [3.8, 4) is 5.75 Å². The van der Waals surface area contributed by atoms with Crippen LogP contribution in [0, 0.1) is 12.7 Å². The number of hydrogen-bond acceptors (Lipinski definition) is 4. The number of carbonyl (C=O) groups is 1. The Labute approximate surface area is 194 Å². The van der Waals surface area contributed by atoms with Gasteiger partial charge >= 0.3 is 0 Å². The molecule has 4 rings (SSSR count). The molecule has 0 bridgehead atoms. The normalized spacial score (nSPS) is 19.8. The average Bonchev–Trinajstić information content (AvgIpc) is 2.80. The number of thioether (sulfide) groups is 1. The molecule has 170 valence electrons. The van der Waals surface area contributed by atoms with Crippen LogP contribution in [-0.4, -0.2) is 53.7 Å². The number of amides is 1. The van der Waals surface area contributed by atoms with E-state index in [1.165, 1.54) is 23.0 Å². The summed E-state index contributed by atoms with van der Waals surface area (Å²) in [6, 6.07) is 11.8. The fourth-order valence-corrected chi connectivity index (χ4v) is 5.49. The number of ether oxygens (including phenoxy) is 1. The third-order valence-electron chi connectivity index (χ3n) is 6.32. The molecule has 2 aromatic rings. The summed E-state index contributed by atoms with van der Waals surface area (Å²) in [5, 5.41) is 0. The molecule has 1 saturated heterocycles. The summed E-state index contributed by atoms with van der Waals surface area (Å²) < 4.78 is 20.9.